The molecule has 0 amide bonds. The van der Waals surface area contributed by atoms with Crippen LogP contribution in [0.25, 0.3) is 0 Å². The fraction of sp³-hybridized carbons (Fsp3) is 0.867. The highest BCUT2D eigenvalue weighted by molar-refractivity contribution is 9.12. The molecule has 0 aromatic rings. The molecule has 20 heavy (non-hydrogen) atoms. The molecule has 5 heteroatoms. The zero-order valence-electron chi connectivity index (χ0n) is 13.7. The van der Waals surface area contributed by atoms with Crippen molar-refractivity contribution in [3.8, 4) is 10.8 Å². The van der Waals surface area contributed by atoms with E-state index in [0.29, 0.717) is 13.0 Å². The van der Waals surface area contributed by atoms with E-state index in [4.69, 9.17) is 13.9 Å². The molecule has 0 saturated carbocycles. The Labute approximate surface area is 133 Å². The molecule has 1 rings (SSSR count). The normalized spacial score (nSPS) is 24.1. The minimum Gasteiger partial charge on any atom is -0.410 e. The van der Waals surface area contributed by atoms with Crippen molar-refractivity contribution in [1.29, 1.82) is 0 Å². The molecule has 0 N–H and O–H groups in total. The van der Waals surface area contributed by atoms with E-state index < -0.39 is 14.1 Å². The van der Waals surface area contributed by atoms with Crippen LogP contribution in [0.5, 0.6) is 0 Å². The van der Waals surface area contributed by atoms with Crippen LogP contribution in [0.1, 0.15) is 41.0 Å². The van der Waals surface area contributed by atoms with Gasteiger partial charge in [-0.3, -0.25) is 0 Å². The van der Waals surface area contributed by atoms with Gasteiger partial charge in [-0.25, -0.2) is 0 Å². The van der Waals surface area contributed by atoms with E-state index in [-0.39, 0.29) is 17.2 Å². The van der Waals surface area contributed by atoms with Gasteiger partial charge in [0.05, 0.1) is 12.7 Å². The quantitative estimate of drug-likeness (QED) is 0.551. The van der Waals surface area contributed by atoms with Crippen molar-refractivity contribution in [2.45, 2.75) is 77.2 Å². The summed E-state index contributed by atoms with van der Waals surface area (Å²) >= 11 is 3.15. The Balaban J connectivity index is 2.82. The first kappa shape index (κ1) is 18.2. The first-order chi connectivity index (χ1) is 8.98. The predicted molar refractivity (Wildman–Crippen MR) is 88.3 cm³/mol. The monoisotopic (exact) mass is 362 g/mol. The average Bonchev–Trinajstić information content (AvgIpc) is 2.63. The Bertz CT molecular complexity index is 390. The summed E-state index contributed by atoms with van der Waals surface area (Å²) in [5.74, 6) is 2.53. The van der Waals surface area contributed by atoms with Crippen molar-refractivity contribution < 1.29 is 13.9 Å². The molecule has 116 valence electrons. The van der Waals surface area contributed by atoms with Gasteiger partial charge in [-0.15, -0.1) is 0 Å². The van der Waals surface area contributed by atoms with Gasteiger partial charge in [0.25, 0.3) is 0 Å². The molecule has 0 aromatic carbocycles. The molecular weight excluding hydrogens is 336 g/mol. The number of hydrogen-bond acceptors (Lipinski definition) is 3. The highest BCUT2D eigenvalue weighted by Crippen LogP contribution is 2.39. The molecule has 1 aliphatic heterocycles. The Kier molecular flexibility index (Phi) is 5.90. The van der Waals surface area contributed by atoms with Crippen LogP contribution < -0.4 is 0 Å². The van der Waals surface area contributed by atoms with Crippen LogP contribution in [0.15, 0.2) is 0 Å². The second-order valence-electron chi connectivity index (χ2n) is 7.26. The van der Waals surface area contributed by atoms with Gasteiger partial charge in [0, 0.05) is 22.4 Å². The van der Waals surface area contributed by atoms with E-state index in [1.165, 1.54) is 0 Å². The first-order valence-electron chi connectivity index (χ1n) is 7.06. The van der Waals surface area contributed by atoms with Crippen LogP contribution >= 0.6 is 15.9 Å². The Morgan fingerprint density at radius 2 is 2.00 bits per heavy atom. The molecule has 2 atom stereocenters. The van der Waals surface area contributed by atoms with E-state index >= 15 is 0 Å². The number of ether oxygens (including phenoxy) is 2. The summed E-state index contributed by atoms with van der Waals surface area (Å²) in [6.45, 7) is 15.7. The van der Waals surface area contributed by atoms with Crippen molar-refractivity contribution in [1.82, 2.24) is 0 Å². The van der Waals surface area contributed by atoms with Crippen molar-refractivity contribution in [3.63, 3.8) is 0 Å². The lowest BCUT2D eigenvalue weighted by molar-refractivity contribution is -0.149. The molecular formula is C15H27BrO3Si. The van der Waals surface area contributed by atoms with Crippen LogP contribution in [-0.4, -0.2) is 32.9 Å². The van der Waals surface area contributed by atoms with Gasteiger partial charge in [-0.2, -0.15) is 0 Å². The van der Waals surface area contributed by atoms with Gasteiger partial charge in [-0.05, 0) is 36.8 Å². The highest BCUT2D eigenvalue weighted by atomic mass is 79.9. The van der Waals surface area contributed by atoms with Gasteiger partial charge in [0.2, 0.25) is 0 Å². The lowest BCUT2D eigenvalue weighted by Gasteiger charge is -2.40. The molecule has 0 bridgehead atoms. The minimum absolute atomic E-state index is 0.0392. The number of halogens is 1. The Hall–Kier alpha value is 0.137. The molecule has 0 aliphatic carbocycles. The Morgan fingerprint density at radius 3 is 2.40 bits per heavy atom. The van der Waals surface area contributed by atoms with Crippen LogP contribution in [0.3, 0.4) is 0 Å². The summed E-state index contributed by atoms with van der Waals surface area (Å²) < 4.78 is 18.1. The first-order valence-corrected chi connectivity index (χ1v) is 10.8. The zero-order valence-corrected chi connectivity index (χ0v) is 16.3. The smallest absolute Gasteiger partial charge is 0.192 e. The van der Waals surface area contributed by atoms with Crippen LogP contribution in [0.4, 0.5) is 0 Å². The van der Waals surface area contributed by atoms with E-state index in [0.717, 1.165) is 0 Å². The van der Waals surface area contributed by atoms with Gasteiger partial charge in [0.1, 0.15) is 6.10 Å². The SMILES string of the molecule is CC1(C)OC[C@H]([C@@H](CC#CBr)O[Si](C)(C)C(C)(C)C)O1. The minimum atomic E-state index is -1.85. The maximum Gasteiger partial charge on any atom is 0.192 e. The second-order valence-corrected chi connectivity index (χ2v) is 12.4. The third-order valence-electron chi connectivity index (χ3n) is 4.07. The maximum absolute atomic E-state index is 6.49. The molecule has 1 heterocycles. The van der Waals surface area contributed by atoms with Crippen molar-refractivity contribution in [2.75, 3.05) is 6.61 Å². The molecule has 0 unspecified atom stereocenters. The lowest BCUT2D eigenvalue weighted by atomic mass is 10.1. The topological polar surface area (TPSA) is 27.7 Å². The predicted octanol–water partition coefficient (Wildman–Crippen LogP) is 4.27. The zero-order chi connectivity index (χ0) is 15.6. The van der Waals surface area contributed by atoms with E-state index in [1.807, 2.05) is 13.8 Å². The third kappa shape index (κ3) is 4.85. The summed E-state index contributed by atoms with van der Waals surface area (Å²) in [4.78, 5) is 2.77. The summed E-state index contributed by atoms with van der Waals surface area (Å²) in [6, 6.07) is 0. The number of hydrogen-bond donors (Lipinski definition) is 0. The Morgan fingerprint density at radius 1 is 1.40 bits per heavy atom. The van der Waals surface area contributed by atoms with Crippen molar-refractivity contribution >= 4 is 24.2 Å². The van der Waals surface area contributed by atoms with E-state index in [1.54, 1.807) is 0 Å². The van der Waals surface area contributed by atoms with Crippen molar-refractivity contribution in [3.05, 3.63) is 0 Å². The van der Waals surface area contributed by atoms with Gasteiger partial charge in [-0.1, -0.05) is 26.7 Å². The van der Waals surface area contributed by atoms with Crippen molar-refractivity contribution in [2.24, 2.45) is 0 Å². The molecule has 1 aliphatic rings. The summed E-state index contributed by atoms with van der Waals surface area (Å²) in [6.07, 6.45) is 0.567. The summed E-state index contributed by atoms with van der Waals surface area (Å²) in [5, 5.41) is 0.169. The van der Waals surface area contributed by atoms with Crippen LogP contribution in [0, 0.1) is 10.8 Å². The molecule has 0 radical (unpaired) electrons. The van der Waals surface area contributed by atoms with Gasteiger partial charge >= 0.3 is 0 Å². The average molecular weight is 363 g/mol. The molecule has 0 aromatic heterocycles. The highest BCUT2D eigenvalue weighted by Gasteiger charge is 2.44. The number of rotatable bonds is 4. The lowest BCUT2D eigenvalue weighted by Crippen LogP contribution is -2.47. The standard InChI is InChI=1S/C15H27BrO3Si/c1-14(2,3)20(6,7)19-12(9-8-10-16)13-11-17-15(4,5)18-13/h12-13H,9,11H2,1-7H3/t12-,13-/m1/s1. The summed E-state index contributed by atoms with van der Waals surface area (Å²) in [5.41, 5.74) is 0. The largest absolute Gasteiger partial charge is 0.410 e. The summed E-state index contributed by atoms with van der Waals surface area (Å²) in [7, 11) is -1.85. The van der Waals surface area contributed by atoms with E-state index in [9.17, 15) is 0 Å². The maximum atomic E-state index is 6.49. The van der Waals surface area contributed by atoms with E-state index in [2.05, 4.69) is 60.5 Å². The second kappa shape index (κ2) is 6.49. The van der Waals surface area contributed by atoms with Crippen LogP contribution in [-0.2, 0) is 13.9 Å². The van der Waals surface area contributed by atoms with Crippen LogP contribution in [0.2, 0.25) is 18.1 Å². The van der Waals surface area contributed by atoms with Gasteiger partial charge in [0.15, 0.2) is 14.1 Å². The molecule has 3 nitrogen and oxygen atoms in total. The fourth-order valence-electron chi connectivity index (χ4n) is 1.84. The molecule has 1 fully saturated rings. The molecule has 1 saturated heterocycles. The fourth-order valence-corrected chi connectivity index (χ4v) is 3.35. The third-order valence-corrected chi connectivity index (χ3v) is 8.85. The molecule has 0 spiro atoms. The van der Waals surface area contributed by atoms with Gasteiger partial charge < -0.3 is 13.9 Å².